The molecule has 1 N–H and O–H groups in total. The summed E-state index contributed by atoms with van der Waals surface area (Å²) in [5, 5.41) is 0. The number of hydrogen-bond donors (Lipinski definition) is 1. The first-order valence-corrected chi connectivity index (χ1v) is 9.78. The first-order chi connectivity index (χ1) is 9.50. The Bertz CT molecular complexity index is 709. The largest absolute Gasteiger partial charge is 0.295 e. The van der Waals surface area contributed by atoms with Gasteiger partial charge in [-0.2, -0.15) is 0 Å². The number of benzene rings is 1. The van der Waals surface area contributed by atoms with E-state index in [1.165, 1.54) is 31.2 Å². The molecule has 0 saturated carbocycles. The predicted molar refractivity (Wildman–Crippen MR) is 81.5 cm³/mol. The fourth-order valence-corrected chi connectivity index (χ4v) is 3.07. The van der Waals surface area contributed by atoms with Crippen molar-refractivity contribution in [1.29, 1.82) is 0 Å². The first-order valence-electron chi connectivity index (χ1n) is 6.04. The summed E-state index contributed by atoms with van der Waals surface area (Å²) in [6, 6.07) is 6.08. The van der Waals surface area contributed by atoms with E-state index in [4.69, 9.17) is 0 Å². The third-order valence-electron chi connectivity index (χ3n) is 2.64. The molecule has 0 heterocycles. The zero-order chi connectivity index (χ0) is 16.3. The summed E-state index contributed by atoms with van der Waals surface area (Å²) in [6.45, 7) is 1.34. The van der Waals surface area contributed by atoms with Gasteiger partial charge in [0.05, 0.1) is 18.2 Å². The Morgan fingerprint density at radius 2 is 1.62 bits per heavy atom. The number of ketones is 1. The van der Waals surface area contributed by atoms with E-state index in [0.29, 0.717) is 11.3 Å². The van der Waals surface area contributed by atoms with Crippen LogP contribution >= 0.6 is 0 Å². The van der Waals surface area contributed by atoms with Gasteiger partial charge in [0, 0.05) is 18.7 Å². The molecule has 0 unspecified atom stereocenters. The smallest absolute Gasteiger partial charge is 0.232 e. The van der Waals surface area contributed by atoms with E-state index in [1.54, 1.807) is 0 Å². The van der Waals surface area contributed by atoms with Crippen molar-refractivity contribution in [2.24, 2.45) is 0 Å². The maximum Gasteiger partial charge on any atom is 0.232 e. The van der Waals surface area contributed by atoms with Crippen molar-refractivity contribution < 1.29 is 21.6 Å². The summed E-state index contributed by atoms with van der Waals surface area (Å²) in [7, 11) is -6.94. The minimum absolute atomic E-state index is 0.0364. The maximum atomic E-state index is 11.8. The van der Waals surface area contributed by atoms with Gasteiger partial charge in [-0.1, -0.05) is 0 Å². The Hall–Kier alpha value is -1.45. The number of nitrogens with zero attached hydrogens (tertiary/aromatic N) is 1. The van der Waals surface area contributed by atoms with Gasteiger partial charge in [-0.3, -0.25) is 9.10 Å². The SMILES string of the molecule is CC(=O)c1ccc(N(CCNS(C)(=O)=O)S(C)(=O)=O)cc1. The van der Waals surface area contributed by atoms with E-state index in [-0.39, 0.29) is 18.9 Å². The van der Waals surface area contributed by atoms with Gasteiger partial charge in [-0.25, -0.2) is 21.6 Å². The van der Waals surface area contributed by atoms with Crippen LogP contribution in [0.15, 0.2) is 24.3 Å². The first kappa shape index (κ1) is 17.6. The Morgan fingerprint density at radius 3 is 2.00 bits per heavy atom. The highest BCUT2D eigenvalue weighted by Crippen LogP contribution is 2.18. The average Bonchev–Trinajstić information content (AvgIpc) is 2.32. The van der Waals surface area contributed by atoms with Crippen molar-refractivity contribution in [2.45, 2.75) is 6.92 Å². The van der Waals surface area contributed by atoms with Gasteiger partial charge in [-0.15, -0.1) is 0 Å². The van der Waals surface area contributed by atoms with Gasteiger partial charge in [0.25, 0.3) is 0 Å². The van der Waals surface area contributed by atoms with E-state index < -0.39 is 20.0 Å². The summed E-state index contributed by atoms with van der Waals surface area (Å²) < 4.78 is 48.9. The Kier molecular flexibility index (Phi) is 5.48. The molecule has 0 aliphatic heterocycles. The van der Waals surface area contributed by atoms with Gasteiger partial charge in [0.1, 0.15) is 0 Å². The zero-order valence-electron chi connectivity index (χ0n) is 12.0. The summed E-state index contributed by atoms with van der Waals surface area (Å²) in [4.78, 5) is 11.2. The molecule has 0 fully saturated rings. The molecule has 0 amide bonds. The monoisotopic (exact) mass is 334 g/mol. The third-order valence-corrected chi connectivity index (χ3v) is 4.56. The van der Waals surface area contributed by atoms with Crippen LogP contribution in [-0.2, 0) is 20.0 Å². The lowest BCUT2D eigenvalue weighted by Crippen LogP contribution is -2.37. The van der Waals surface area contributed by atoms with Crippen LogP contribution in [0.2, 0.25) is 0 Å². The van der Waals surface area contributed by atoms with Crippen LogP contribution in [0.5, 0.6) is 0 Å². The molecular formula is C12H18N2O5S2. The van der Waals surface area contributed by atoms with E-state index in [9.17, 15) is 21.6 Å². The van der Waals surface area contributed by atoms with Crippen LogP contribution in [-0.4, -0.2) is 48.2 Å². The molecule has 1 rings (SSSR count). The molecule has 0 radical (unpaired) electrons. The summed E-state index contributed by atoms with van der Waals surface area (Å²) in [5.74, 6) is -0.119. The van der Waals surface area contributed by atoms with Crippen molar-refractivity contribution >= 4 is 31.5 Å². The Balaban J connectivity index is 2.96. The van der Waals surface area contributed by atoms with Crippen LogP contribution in [0.3, 0.4) is 0 Å². The number of anilines is 1. The average molecular weight is 334 g/mol. The Labute approximate surface area is 125 Å². The molecule has 21 heavy (non-hydrogen) atoms. The quantitative estimate of drug-likeness (QED) is 0.718. The predicted octanol–water partition coefficient (Wildman–Crippen LogP) is 0.204. The zero-order valence-corrected chi connectivity index (χ0v) is 13.7. The molecule has 7 nitrogen and oxygen atoms in total. The van der Waals surface area contributed by atoms with Crippen LogP contribution in [0, 0.1) is 0 Å². The highest BCUT2D eigenvalue weighted by atomic mass is 32.2. The third kappa shape index (κ3) is 5.82. The number of nitrogens with one attached hydrogen (secondary N) is 1. The van der Waals surface area contributed by atoms with Crippen LogP contribution in [0.25, 0.3) is 0 Å². The van der Waals surface area contributed by atoms with Crippen molar-refractivity contribution in [3.63, 3.8) is 0 Å². The highest BCUT2D eigenvalue weighted by Gasteiger charge is 2.17. The molecule has 9 heteroatoms. The topological polar surface area (TPSA) is 101 Å². The number of Topliss-reactive ketones (excluding diaryl/α,β-unsaturated/α-hetero) is 1. The van der Waals surface area contributed by atoms with Gasteiger partial charge in [0.15, 0.2) is 5.78 Å². The van der Waals surface area contributed by atoms with Crippen molar-refractivity contribution in [3.8, 4) is 0 Å². The second-order valence-electron chi connectivity index (χ2n) is 4.60. The van der Waals surface area contributed by atoms with Crippen molar-refractivity contribution in [1.82, 2.24) is 4.72 Å². The van der Waals surface area contributed by atoms with Gasteiger partial charge in [-0.05, 0) is 31.2 Å². The normalized spacial score (nSPS) is 12.1. The summed E-state index contributed by atoms with van der Waals surface area (Å²) in [5.41, 5.74) is 0.847. The number of carbonyl (C=O) groups excluding carboxylic acids is 1. The number of carbonyl (C=O) groups is 1. The van der Waals surface area contributed by atoms with Crippen LogP contribution in [0.1, 0.15) is 17.3 Å². The molecule has 0 bridgehead atoms. The molecule has 1 aromatic carbocycles. The second kappa shape index (κ2) is 6.54. The minimum Gasteiger partial charge on any atom is -0.295 e. The van der Waals surface area contributed by atoms with Crippen molar-refractivity contribution in [3.05, 3.63) is 29.8 Å². The molecular weight excluding hydrogens is 316 g/mol. The van der Waals surface area contributed by atoms with Crippen LogP contribution < -0.4 is 9.03 Å². The van der Waals surface area contributed by atoms with E-state index in [1.807, 2.05) is 0 Å². The maximum absolute atomic E-state index is 11.8. The number of sulfonamides is 2. The van der Waals surface area contributed by atoms with Crippen molar-refractivity contribution in [2.75, 3.05) is 29.9 Å². The Morgan fingerprint density at radius 1 is 1.10 bits per heavy atom. The molecule has 1 aromatic rings. The van der Waals surface area contributed by atoms with Crippen LogP contribution in [0.4, 0.5) is 5.69 Å². The molecule has 0 aliphatic carbocycles. The van der Waals surface area contributed by atoms with E-state index in [2.05, 4.69) is 4.72 Å². The lowest BCUT2D eigenvalue weighted by atomic mass is 10.1. The molecule has 0 spiro atoms. The fourth-order valence-electron chi connectivity index (χ4n) is 1.68. The second-order valence-corrected chi connectivity index (χ2v) is 8.34. The summed E-state index contributed by atoms with van der Waals surface area (Å²) in [6.07, 6.45) is 2.03. The molecule has 0 saturated heterocycles. The lowest BCUT2D eigenvalue weighted by molar-refractivity contribution is 0.101. The molecule has 0 aromatic heterocycles. The standard InChI is InChI=1S/C12H18N2O5S2/c1-10(15)11-4-6-12(7-5-11)14(21(3,18)19)9-8-13-20(2,16)17/h4-7,13H,8-9H2,1-3H3. The molecule has 0 aliphatic rings. The highest BCUT2D eigenvalue weighted by molar-refractivity contribution is 7.92. The number of rotatable bonds is 7. The van der Waals surface area contributed by atoms with E-state index >= 15 is 0 Å². The van der Waals surface area contributed by atoms with Gasteiger partial charge >= 0.3 is 0 Å². The number of hydrogen-bond acceptors (Lipinski definition) is 5. The fraction of sp³-hybridized carbons (Fsp3) is 0.417. The minimum atomic E-state index is -3.56. The van der Waals surface area contributed by atoms with Gasteiger partial charge in [0.2, 0.25) is 20.0 Å². The lowest BCUT2D eigenvalue weighted by Gasteiger charge is -2.22. The molecule has 118 valence electrons. The molecule has 0 atom stereocenters. The van der Waals surface area contributed by atoms with Gasteiger partial charge < -0.3 is 0 Å². The van der Waals surface area contributed by atoms with E-state index in [0.717, 1.165) is 16.8 Å². The summed E-state index contributed by atoms with van der Waals surface area (Å²) >= 11 is 0.